The minimum Gasteiger partial charge on any atom is -0.243 e. The van der Waals surface area contributed by atoms with Gasteiger partial charge in [-0.1, -0.05) is 11.6 Å². The average molecular weight is 210 g/mol. The Labute approximate surface area is 85.4 Å². The van der Waals surface area contributed by atoms with Crippen molar-refractivity contribution in [3.05, 3.63) is 28.4 Å². The highest BCUT2D eigenvalue weighted by Gasteiger charge is 2.26. The van der Waals surface area contributed by atoms with Gasteiger partial charge in [-0.15, -0.1) is 11.3 Å². The van der Waals surface area contributed by atoms with Crippen LogP contribution in [0.5, 0.6) is 0 Å². The summed E-state index contributed by atoms with van der Waals surface area (Å²) in [5.41, 5.74) is 1.39. The highest BCUT2D eigenvalue weighted by molar-refractivity contribution is 7.17. The fraction of sp³-hybridized carbons (Fsp3) is 0.300. The molecule has 1 fully saturated rings. The minimum atomic E-state index is 0.648. The minimum absolute atomic E-state index is 0.648. The molecule has 3 rings (SSSR count). The molecule has 0 aliphatic heterocycles. The Hall–Kier alpha value is -0.600. The van der Waals surface area contributed by atoms with Gasteiger partial charge in [0.2, 0.25) is 0 Å². The van der Waals surface area contributed by atoms with Crippen LogP contribution in [0.1, 0.15) is 24.3 Å². The zero-order valence-corrected chi connectivity index (χ0v) is 8.53. The van der Waals surface area contributed by atoms with Crippen LogP contribution in [0.4, 0.5) is 0 Å². The molecule has 1 aliphatic rings. The van der Waals surface area contributed by atoms with Crippen LogP contribution in [-0.2, 0) is 0 Å². The van der Waals surface area contributed by atoms with Crippen molar-refractivity contribution >= 4 is 33.0 Å². The Bertz CT molecular complexity index is 459. The van der Waals surface area contributed by atoms with Gasteiger partial charge in [-0.25, -0.2) is 4.98 Å². The third-order valence-corrected chi connectivity index (χ3v) is 3.82. The van der Waals surface area contributed by atoms with E-state index in [0.29, 0.717) is 5.15 Å². The molecule has 1 nitrogen and oxygen atoms in total. The van der Waals surface area contributed by atoms with Gasteiger partial charge in [0.25, 0.3) is 0 Å². The summed E-state index contributed by atoms with van der Waals surface area (Å²) in [6.07, 6.45) is 4.57. The largest absolute Gasteiger partial charge is 0.243 e. The molecule has 2 aromatic heterocycles. The van der Waals surface area contributed by atoms with Crippen molar-refractivity contribution in [2.24, 2.45) is 0 Å². The smallest absolute Gasteiger partial charge is 0.146 e. The average Bonchev–Trinajstić information content (AvgIpc) is 2.83. The quantitative estimate of drug-likeness (QED) is 0.651. The molecule has 0 radical (unpaired) electrons. The van der Waals surface area contributed by atoms with Gasteiger partial charge in [0.05, 0.1) is 4.70 Å². The zero-order chi connectivity index (χ0) is 8.84. The van der Waals surface area contributed by atoms with Gasteiger partial charge in [0, 0.05) is 11.6 Å². The number of fused-ring (bicyclic) bond motifs is 1. The second kappa shape index (κ2) is 2.69. The van der Waals surface area contributed by atoms with E-state index < -0.39 is 0 Å². The summed E-state index contributed by atoms with van der Waals surface area (Å²) < 4.78 is 1.14. The second-order valence-corrected chi connectivity index (χ2v) is 4.72. The van der Waals surface area contributed by atoms with Crippen LogP contribution >= 0.6 is 22.9 Å². The van der Waals surface area contributed by atoms with Crippen LogP contribution < -0.4 is 0 Å². The molecule has 0 aromatic carbocycles. The van der Waals surface area contributed by atoms with Gasteiger partial charge >= 0.3 is 0 Å². The monoisotopic (exact) mass is 209 g/mol. The normalized spacial score (nSPS) is 16.7. The molecule has 66 valence electrons. The summed E-state index contributed by atoms with van der Waals surface area (Å²) in [6.45, 7) is 0. The van der Waals surface area contributed by atoms with Crippen molar-refractivity contribution in [3.8, 4) is 0 Å². The molecule has 2 heterocycles. The van der Waals surface area contributed by atoms with Crippen LogP contribution in [0.15, 0.2) is 17.6 Å². The van der Waals surface area contributed by atoms with Gasteiger partial charge in [-0.05, 0) is 35.8 Å². The van der Waals surface area contributed by atoms with E-state index in [1.165, 1.54) is 23.8 Å². The molecular formula is C10H8ClNS. The third kappa shape index (κ3) is 1.17. The van der Waals surface area contributed by atoms with Crippen LogP contribution in [-0.4, -0.2) is 4.98 Å². The number of hydrogen-bond donors (Lipinski definition) is 0. The van der Waals surface area contributed by atoms with Crippen molar-refractivity contribution in [1.29, 1.82) is 0 Å². The predicted molar refractivity (Wildman–Crippen MR) is 56.6 cm³/mol. The number of nitrogens with zero attached hydrogens (tertiary/aromatic N) is 1. The Balaban J connectivity index is 2.34. The van der Waals surface area contributed by atoms with Gasteiger partial charge in [-0.3, -0.25) is 0 Å². The predicted octanol–water partition coefficient (Wildman–Crippen LogP) is 3.83. The Kier molecular flexibility index (Phi) is 1.61. The highest BCUT2D eigenvalue weighted by atomic mass is 35.5. The van der Waals surface area contributed by atoms with Crippen LogP contribution in [0, 0.1) is 0 Å². The number of pyridine rings is 1. The first-order valence-corrected chi connectivity index (χ1v) is 5.63. The van der Waals surface area contributed by atoms with E-state index in [1.807, 2.05) is 6.20 Å². The molecule has 3 heteroatoms. The maximum Gasteiger partial charge on any atom is 0.146 e. The van der Waals surface area contributed by atoms with Crippen LogP contribution in [0.3, 0.4) is 0 Å². The number of halogens is 1. The topological polar surface area (TPSA) is 12.9 Å². The lowest BCUT2D eigenvalue weighted by molar-refractivity contribution is 1.12. The number of aromatic nitrogens is 1. The molecule has 0 N–H and O–H groups in total. The van der Waals surface area contributed by atoms with Crippen LogP contribution in [0.2, 0.25) is 5.15 Å². The molecule has 0 atom stereocenters. The Morgan fingerprint density at radius 1 is 1.46 bits per heavy atom. The molecule has 0 unspecified atom stereocenters. The lowest BCUT2D eigenvalue weighted by atomic mass is 10.1. The summed E-state index contributed by atoms with van der Waals surface area (Å²) in [7, 11) is 0. The maximum absolute atomic E-state index is 5.99. The maximum atomic E-state index is 5.99. The van der Waals surface area contributed by atoms with E-state index >= 15 is 0 Å². The summed E-state index contributed by atoms with van der Waals surface area (Å²) in [5, 5.41) is 4.05. The fourth-order valence-corrected chi connectivity index (χ4v) is 2.76. The van der Waals surface area contributed by atoms with Crippen molar-refractivity contribution in [2.45, 2.75) is 18.8 Å². The van der Waals surface area contributed by atoms with E-state index in [4.69, 9.17) is 11.6 Å². The van der Waals surface area contributed by atoms with Crippen LogP contribution in [0.25, 0.3) is 10.1 Å². The number of rotatable bonds is 1. The van der Waals surface area contributed by atoms with E-state index in [1.54, 1.807) is 11.3 Å². The molecule has 0 spiro atoms. The molecule has 1 aliphatic carbocycles. The fourth-order valence-electron chi connectivity index (χ4n) is 1.67. The zero-order valence-electron chi connectivity index (χ0n) is 6.96. The molecule has 13 heavy (non-hydrogen) atoms. The van der Waals surface area contributed by atoms with Gasteiger partial charge in [0.15, 0.2) is 0 Å². The first-order chi connectivity index (χ1) is 6.36. The van der Waals surface area contributed by atoms with Crippen molar-refractivity contribution < 1.29 is 0 Å². The SMILES string of the molecule is Clc1ncc(C2CC2)c2ccsc12. The number of hydrogen-bond acceptors (Lipinski definition) is 2. The second-order valence-electron chi connectivity index (χ2n) is 3.44. The van der Waals surface area contributed by atoms with E-state index in [9.17, 15) is 0 Å². The van der Waals surface area contributed by atoms with Gasteiger partial charge in [-0.2, -0.15) is 0 Å². The van der Waals surface area contributed by atoms with Gasteiger partial charge in [0.1, 0.15) is 5.15 Å². The molecule has 0 bridgehead atoms. The Morgan fingerprint density at radius 3 is 3.08 bits per heavy atom. The Morgan fingerprint density at radius 2 is 2.31 bits per heavy atom. The third-order valence-electron chi connectivity index (χ3n) is 2.50. The van der Waals surface area contributed by atoms with Crippen molar-refractivity contribution in [3.63, 3.8) is 0 Å². The molecule has 1 saturated carbocycles. The molecule has 0 amide bonds. The van der Waals surface area contributed by atoms with E-state index in [-0.39, 0.29) is 0 Å². The van der Waals surface area contributed by atoms with Crippen molar-refractivity contribution in [1.82, 2.24) is 4.98 Å². The lowest BCUT2D eigenvalue weighted by Crippen LogP contribution is -1.83. The standard InChI is InChI=1S/C10H8ClNS/c11-10-9-7(3-4-13-9)8(5-12-10)6-1-2-6/h3-6H,1-2H2. The molecule has 0 saturated heterocycles. The highest BCUT2D eigenvalue weighted by Crippen LogP contribution is 2.44. The molecular weight excluding hydrogens is 202 g/mol. The summed E-state index contributed by atoms with van der Waals surface area (Å²) >= 11 is 7.67. The summed E-state index contributed by atoms with van der Waals surface area (Å²) in [6, 6.07) is 2.15. The van der Waals surface area contributed by atoms with E-state index in [2.05, 4.69) is 16.4 Å². The summed E-state index contributed by atoms with van der Waals surface area (Å²) in [5.74, 6) is 0.752. The molecule has 2 aromatic rings. The van der Waals surface area contributed by atoms with Gasteiger partial charge < -0.3 is 0 Å². The van der Waals surface area contributed by atoms with E-state index in [0.717, 1.165) is 10.6 Å². The first-order valence-electron chi connectivity index (χ1n) is 4.38. The van der Waals surface area contributed by atoms with Crippen molar-refractivity contribution in [2.75, 3.05) is 0 Å². The number of thiophene rings is 1. The summed E-state index contributed by atoms with van der Waals surface area (Å²) in [4.78, 5) is 4.22. The first kappa shape index (κ1) is 7.77. The lowest BCUT2D eigenvalue weighted by Gasteiger charge is -2.00.